The summed E-state index contributed by atoms with van der Waals surface area (Å²) >= 11 is 0. The number of nitrogens with two attached hydrogens (primary N) is 3. The van der Waals surface area contributed by atoms with E-state index < -0.39 is 59.7 Å². The molecule has 13 nitrogen and oxygen atoms in total. The van der Waals surface area contributed by atoms with Crippen molar-refractivity contribution in [3.05, 3.63) is 35.9 Å². The summed E-state index contributed by atoms with van der Waals surface area (Å²) in [7, 11) is 0. The van der Waals surface area contributed by atoms with Gasteiger partial charge in [0.1, 0.15) is 18.1 Å². The van der Waals surface area contributed by atoms with Crippen LogP contribution in [0.25, 0.3) is 0 Å². The maximum Gasteiger partial charge on any atom is 0.326 e. The fraction of sp³-hybridized carbons (Fsp3) is 0.520. The molecule has 38 heavy (non-hydrogen) atoms. The lowest BCUT2D eigenvalue weighted by Gasteiger charge is -2.25. The van der Waals surface area contributed by atoms with Gasteiger partial charge in [-0.15, -0.1) is 0 Å². The molecule has 0 aliphatic carbocycles. The largest absolute Gasteiger partial charge is 0.480 e. The molecule has 0 saturated heterocycles. The van der Waals surface area contributed by atoms with Crippen LogP contribution < -0.4 is 33.2 Å². The third-order valence-corrected chi connectivity index (χ3v) is 5.58. The molecule has 0 heterocycles. The van der Waals surface area contributed by atoms with E-state index in [-0.39, 0.29) is 38.0 Å². The van der Waals surface area contributed by atoms with Crippen molar-refractivity contribution in [2.75, 3.05) is 0 Å². The molecule has 1 rings (SSSR count). The highest BCUT2D eigenvalue weighted by molar-refractivity contribution is 5.94. The maximum atomic E-state index is 13.1. The molecule has 0 radical (unpaired) electrons. The molecule has 0 aliphatic rings. The van der Waals surface area contributed by atoms with Crippen molar-refractivity contribution in [1.29, 1.82) is 0 Å². The van der Waals surface area contributed by atoms with Crippen molar-refractivity contribution in [3.8, 4) is 0 Å². The van der Waals surface area contributed by atoms with Crippen LogP contribution in [0.3, 0.4) is 0 Å². The van der Waals surface area contributed by atoms with E-state index in [4.69, 9.17) is 17.2 Å². The third kappa shape index (κ3) is 12.3. The number of hydrogen-bond donors (Lipinski definition) is 7. The van der Waals surface area contributed by atoms with Gasteiger partial charge >= 0.3 is 5.97 Å². The summed E-state index contributed by atoms with van der Waals surface area (Å²) in [5.74, 6) is -4.97. The molecule has 0 fully saturated rings. The van der Waals surface area contributed by atoms with Gasteiger partial charge in [0.2, 0.25) is 29.5 Å². The van der Waals surface area contributed by atoms with Gasteiger partial charge in [0.15, 0.2) is 0 Å². The summed E-state index contributed by atoms with van der Waals surface area (Å²) in [6, 6.07) is 3.74. The van der Waals surface area contributed by atoms with Crippen molar-refractivity contribution in [3.63, 3.8) is 0 Å². The Balaban J connectivity index is 3.06. The van der Waals surface area contributed by atoms with Crippen molar-refractivity contribution in [2.45, 2.75) is 76.5 Å². The molecule has 4 unspecified atom stereocenters. The Morgan fingerprint density at radius 1 is 0.763 bits per heavy atom. The van der Waals surface area contributed by atoms with Gasteiger partial charge in [-0.3, -0.25) is 24.0 Å². The molecule has 10 N–H and O–H groups in total. The second kappa shape index (κ2) is 16.0. The van der Waals surface area contributed by atoms with Gasteiger partial charge < -0.3 is 38.3 Å². The second-order valence-electron chi connectivity index (χ2n) is 9.46. The molecule has 1 aromatic rings. The molecule has 0 bridgehead atoms. The van der Waals surface area contributed by atoms with Crippen LogP contribution in [0.5, 0.6) is 0 Å². The number of carbonyl (C=O) groups excluding carboxylic acids is 5. The van der Waals surface area contributed by atoms with E-state index in [1.807, 2.05) is 13.8 Å². The van der Waals surface area contributed by atoms with E-state index in [1.54, 1.807) is 30.3 Å². The molecule has 1 aromatic carbocycles. The topological polar surface area (TPSA) is 237 Å². The van der Waals surface area contributed by atoms with Crippen molar-refractivity contribution >= 4 is 35.5 Å². The molecular formula is C25H38N6O7. The van der Waals surface area contributed by atoms with E-state index in [9.17, 15) is 33.9 Å². The molecule has 210 valence electrons. The monoisotopic (exact) mass is 534 g/mol. The Hall–Kier alpha value is -4.00. The minimum Gasteiger partial charge on any atom is -0.480 e. The van der Waals surface area contributed by atoms with Gasteiger partial charge in [-0.25, -0.2) is 4.79 Å². The SMILES string of the molecule is CC(C)CC(N)C(=O)NC(CCC(N)=O)C(=O)NC(CCC(N)=O)C(=O)NC(Cc1ccccc1)C(=O)O. The lowest BCUT2D eigenvalue weighted by molar-refractivity contribution is -0.142. The lowest BCUT2D eigenvalue weighted by Crippen LogP contribution is -2.57. The average Bonchev–Trinajstić information content (AvgIpc) is 2.83. The number of carboxylic acid groups (broad SMARTS) is 1. The quantitative estimate of drug-likeness (QED) is 0.126. The summed E-state index contributed by atoms with van der Waals surface area (Å²) in [5, 5.41) is 16.9. The number of rotatable bonds is 17. The normalized spacial score (nSPS) is 14.0. The zero-order valence-corrected chi connectivity index (χ0v) is 21.6. The Kier molecular flexibility index (Phi) is 13.5. The van der Waals surface area contributed by atoms with Gasteiger partial charge in [-0.2, -0.15) is 0 Å². The van der Waals surface area contributed by atoms with E-state index in [0.29, 0.717) is 12.0 Å². The van der Waals surface area contributed by atoms with E-state index in [2.05, 4.69) is 16.0 Å². The molecule has 0 aliphatic heterocycles. The molecule has 4 atom stereocenters. The summed E-state index contributed by atoms with van der Waals surface area (Å²) in [6.45, 7) is 3.74. The van der Waals surface area contributed by atoms with Crippen LogP contribution in [0, 0.1) is 5.92 Å². The highest BCUT2D eigenvalue weighted by Gasteiger charge is 2.31. The number of carbonyl (C=O) groups is 6. The summed E-state index contributed by atoms with van der Waals surface area (Å²) in [6.07, 6.45) is -0.604. The van der Waals surface area contributed by atoms with E-state index >= 15 is 0 Å². The number of benzene rings is 1. The van der Waals surface area contributed by atoms with Crippen LogP contribution in [-0.4, -0.2) is 64.8 Å². The number of aliphatic carboxylic acids is 1. The van der Waals surface area contributed by atoms with Crippen molar-refractivity contribution in [1.82, 2.24) is 16.0 Å². The smallest absolute Gasteiger partial charge is 0.326 e. The van der Waals surface area contributed by atoms with Crippen LogP contribution in [0.2, 0.25) is 0 Å². The first-order chi connectivity index (χ1) is 17.8. The zero-order chi connectivity index (χ0) is 28.8. The van der Waals surface area contributed by atoms with Crippen LogP contribution in [0.15, 0.2) is 30.3 Å². The molecular weight excluding hydrogens is 496 g/mol. The Morgan fingerprint density at radius 3 is 1.63 bits per heavy atom. The molecule has 5 amide bonds. The number of carboxylic acids is 1. The standard InChI is InChI=1S/C25H38N6O7/c1-14(2)12-16(26)22(34)29-17(8-10-20(27)32)23(35)30-18(9-11-21(28)33)24(36)31-19(25(37)38)13-15-6-4-3-5-7-15/h3-7,14,16-19H,8-13,26H2,1-2H3,(H2,27,32)(H2,28,33)(H,29,34)(H,30,35)(H,31,36)(H,37,38). The van der Waals surface area contributed by atoms with Crippen LogP contribution in [0.4, 0.5) is 0 Å². The number of nitrogens with one attached hydrogen (secondary N) is 3. The minimum atomic E-state index is -1.36. The van der Waals surface area contributed by atoms with Crippen LogP contribution in [-0.2, 0) is 35.2 Å². The molecule has 0 spiro atoms. The van der Waals surface area contributed by atoms with E-state index in [1.165, 1.54) is 0 Å². The van der Waals surface area contributed by atoms with Crippen LogP contribution in [0.1, 0.15) is 51.5 Å². The third-order valence-electron chi connectivity index (χ3n) is 5.58. The Labute approximate surface area is 221 Å². The summed E-state index contributed by atoms with van der Waals surface area (Å²) in [4.78, 5) is 73.1. The zero-order valence-electron chi connectivity index (χ0n) is 21.6. The second-order valence-corrected chi connectivity index (χ2v) is 9.46. The van der Waals surface area contributed by atoms with Gasteiger partial charge in [0.25, 0.3) is 0 Å². The first-order valence-electron chi connectivity index (χ1n) is 12.3. The highest BCUT2D eigenvalue weighted by atomic mass is 16.4. The van der Waals surface area contributed by atoms with E-state index in [0.717, 1.165) is 0 Å². The summed E-state index contributed by atoms with van der Waals surface area (Å²) < 4.78 is 0. The first kappa shape index (κ1) is 32.0. The number of primary amides is 2. The van der Waals surface area contributed by atoms with Gasteiger partial charge in [-0.1, -0.05) is 44.2 Å². The van der Waals surface area contributed by atoms with Gasteiger partial charge in [0, 0.05) is 19.3 Å². The summed E-state index contributed by atoms with van der Waals surface area (Å²) in [5.41, 5.74) is 16.9. The van der Waals surface area contributed by atoms with Gasteiger partial charge in [-0.05, 0) is 30.7 Å². The molecule has 0 aromatic heterocycles. The fourth-order valence-corrected chi connectivity index (χ4v) is 3.60. The molecule has 0 saturated carbocycles. The predicted molar refractivity (Wildman–Crippen MR) is 138 cm³/mol. The first-order valence-corrected chi connectivity index (χ1v) is 12.3. The molecule has 13 heteroatoms. The predicted octanol–water partition coefficient (Wildman–Crippen LogP) is -1.33. The highest BCUT2D eigenvalue weighted by Crippen LogP contribution is 2.08. The van der Waals surface area contributed by atoms with Gasteiger partial charge in [0.05, 0.1) is 6.04 Å². The Bertz CT molecular complexity index is 986. The lowest BCUT2D eigenvalue weighted by atomic mass is 10.0. The average molecular weight is 535 g/mol. The number of amides is 5. The Morgan fingerprint density at radius 2 is 1.21 bits per heavy atom. The van der Waals surface area contributed by atoms with Crippen molar-refractivity contribution < 1.29 is 33.9 Å². The van der Waals surface area contributed by atoms with Crippen molar-refractivity contribution in [2.24, 2.45) is 23.1 Å². The number of hydrogen-bond acceptors (Lipinski definition) is 7. The van der Waals surface area contributed by atoms with Crippen LogP contribution >= 0.6 is 0 Å². The fourth-order valence-electron chi connectivity index (χ4n) is 3.60. The maximum absolute atomic E-state index is 13.1. The minimum absolute atomic E-state index is 0.0244.